The first-order valence-corrected chi connectivity index (χ1v) is 4.67. The van der Waals surface area contributed by atoms with E-state index in [0.29, 0.717) is 0 Å². The van der Waals surface area contributed by atoms with E-state index in [1.54, 1.807) is 18.9 Å². The highest BCUT2D eigenvalue weighted by Gasteiger charge is 1.94. The van der Waals surface area contributed by atoms with Crippen LogP contribution in [0.5, 0.6) is 0 Å². The molecule has 10 heavy (non-hydrogen) atoms. The molecular weight excluding hydrogens is 148 g/mol. The molecule has 0 saturated heterocycles. The summed E-state index contributed by atoms with van der Waals surface area (Å²) in [6.07, 6.45) is 0.904. The lowest BCUT2D eigenvalue weighted by Gasteiger charge is -2.02. The number of hydrogen-bond donors (Lipinski definition) is 1. The molecule has 0 aromatic carbocycles. The molecule has 1 N–H and O–H groups in total. The summed E-state index contributed by atoms with van der Waals surface area (Å²) in [5.74, 6) is 1.92. The fourth-order valence-corrected chi connectivity index (χ4v) is 1.39. The fourth-order valence-electron chi connectivity index (χ4n) is 0.559. The molecule has 0 heterocycles. The Morgan fingerprint density at radius 2 is 2.30 bits per heavy atom. The van der Waals surface area contributed by atoms with Gasteiger partial charge in [-0.1, -0.05) is 0 Å². The van der Waals surface area contributed by atoms with Gasteiger partial charge in [-0.25, -0.2) is 0 Å². The fraction of sp³-hybridized carbons (Fsp3) is 1.00. The number of aliphatic hydroxyl groups is 1. The highest BCUT2D eigenvalue weighted by Crippen LogP contribution is 2.03. The molecule has 0 rings (SSSR count). The Hall–Kier alpha value is 0.270. The van der Waals surface area contributed by atoms with Crippen LogP contribution in [0.4, 0.5) is 0 Å². The summed E-state index contributed by atoms with van der Waals surface area (Å²) in [6.45, 7) is 2.64. The largest absolute Gasteiger partial charge is 0.393 e. The van der Waals surface area contributed by atoms with Gasteiger partial charge in [-0.2, -0.15) is 11.8 Å². The van der Waals surface area contributed by atoms with E-state index in [1.807, 2.05) is 6.92 Å². The average molecular weight is 164 g/mol. The first-order chi connectivity index (χ1) is 4.77. The predicted molar refractivity (Wildman–Crippen MR) is 45.5 cm³/mol. The predicted octanol–water partition coefficient (Wildman–Crippen LogP) is 1.14. The van der Waals surface area contributed by atoms with Crippen LogP contribution in [0.25, 0.3) is 0 Å². The zero-order chi connectivity index (χ0) is 7.82. The van der Waals surface area contributed by atoms with Crippen molar-refractivity contribution in [3.8, 4) is 0 Å². The van der Waals surface area contributed by atoms with Crippen molar-refractivity contribution in [2.75, 3.05) is 25.2 Å². The molecule has 0 saturated carbocycles. The Morgan fingerprint density at radius 1 is 1.60 bits per heavy atom. The molecule has 0 radical (unpaired) electrons. The van der Waals surface area contributed by atoms with Crippen molar-refractivity contribution in [3.63, 3.8) is 0 Å². The Balaban J connectivity index is 2.77. The van der Waals surface area contributed by atoms with Crippen LogP contribution in [0.15, 0.2) is 0 Å². The van der Waals surface area contributed by atoms with E-state index in [2.05, 4.69) is 0 Å². The van der Waals surface area contributed by atoms with Crippen LogP contribution < -0.4 is 0 Å². The standard InChI is InChI=1S/C7H16O2S/c1-7(8)6-10-5-3-4-9-2/h7-8H,3-6H2,1-2H3/t7-/m1/s1. The summed E-state index contributed by atoms with van der Waals surface area (Å²) in [4.78, 5) is 0. The van der Waals surface area contributed by atoms with E-state index in [1.165, 1.54) is 0 Å². The number of hydrogen-bond acceptors (Lipinski definition) is 3. The second-order valence-electron chi connectivity index (χ2n) is 2.27. The lowest BCUT2D eigenvalue weighted by atomic mass is 10.5. The van der Waals surface area contributed by atoms with Crippen molar-refractivity contribution in [1.29, 1.82) is 0 Å². The van der Waals surface area contributed by atoms with Crippen LogP contribution >= 0.6 is 11.8 Å². The van der Waals surface area contributed by atoms with Crippen LogP contribution in [0.1, 0.15) is 13.3 Å². The number of methoxy groups -OCH3 is 1. The van der Waals surface area contributed by atoms with E-state index in [4.69, 9.17) is 9.84 Å². The van der Waals surface area contributed by atoms with Gasteiger partial charge < -0.3 is 9.84 Å². The van der Waals surface area contributed by atoms with E-state index < -0.39 is 0 Å². The Labute approximate surface area is 67.0 Å². The molecule has 0 fully saturated rings. The molecule has 0 spiro atoms. The molecule has 0 aromatic heterocycles. The minimum absolute atomic E-state index is 0.174. The molecule has 1 atom stereocenters. The van der Waals surface area contributed by atoms with E-state index in [-0.39, 0.29) is 6.10 Å². The van der Waals surface area contributed by atoms with Crippen LogP contribution in [0.2, 0.25) is 0 Å². The first-order valence-electron chi connectivity index (χ1n) is 3.52. The average Bonchev–Trinajstić information content (AvgIpc) is 1.87. The minimum Gasteiger partial charge on any atom is -0.393 e. The summed E-state index contributed by atoms with van der Waals surface area (Å²) in [7, 11) is 1.71. The monoisotopic (exact) mass is 164 g/mol. The van der Waals surface area contributed by atoms with Gasteiger partial charge in [-0.3, -0.25) is 0 Å². The molecule has 0 bridgehead atoms. The SMILES string of the molecule is COCCCSC[C@@H](C)O. The van der Waals surface area contributed by atoms with Gasteiger partial charge in [0, 0.05) is 19.5 Å². The maximum Gasteiger partial charge on any atom is 0.0602 e. The van der Waals surface area contributed by atoms with E-state index in [9.17, 15) is 0 Å². The molecule has 0 aliphatic rings. The van der Waals surface area contributed by atoms with Gasteiger partial charge in [0.05, 0.1) is 6.10 Å². The van der Waals surface area contributed by atoms with Gasteiger partial charge >= 0.3 is 0 Å². The number of thioether (sulfide) groups is 1. The van der Waals surface area contributed by atoms with Crippen molar-refractivity contribution >= 4 is 11.8 Å². The maximum absolute atomic E-state index is 8.86. The molecule has 0 aliphatic heterocycles. The van der Waals surface area contributed by atoms with Crippen LogP contribution in [0.3, 0.4) is 0 Å². The zero-order valence-corrected chi connectivity index (χ0v) is 7.49. The van der Waals surface area contributed by atoms with Crippen molar-refractivity contribution in [1.82, 2.24) is 0 Å². The molecule has 0 amide bonds. The maximum atomic E-state index is 8.86. The van der Waals surface area contributed by atoms with Gasteiger partial charge in [0.15, 0.2) is 0 Å². The van der Waals surface area contributed by atoms with Gasteiger partial charge in [0.1, 0.15) is 0 Å². The lowest BCUT2D eigenvalue weighted by molar-refractivity contribution is 0.200. The van der Waals surface area contributed by atoms with Gasteiger partial charge in [0.25, 0.3) is 0 Å². The van der Waals surface area contributed by atoms with Crippen molar-refractivity contribution in [2.24, 2.45) is 0 Å². The van der Waals surface area contributed by atoms with E-state index >= 15 is 0 Å². The Kier molecular flexibility index (Phi) is 7.58. The third-order valence-corrected chi connectivity index (χ3v) is 2.29. The van der Waals surface area contributed by atoms with Gasteiger partial charge in [-0.15, -0.1) is 0 Å². The normalized spacial score (nSPS) is 13.5. The highest BCUT2D eigenvalue weighted by atomic mass is 32.2. The smallest absolute Gasteiger partial charge is 0.0602 e. The highest BCUT2D eigenvalue weighted by molar-refractivity contribution is 7.99. The quantitative estimate of drug-likeness (QED) is 0.597. The topological polar surface area (TPSA) is 29.5 Å². The molecular formula is C7H16O2S. The molecule has 0 aromatic rings. The second-order valence-corrected chi connectivity index (χ2v) is 3.42. The summed E-state index contributed by atoms with van der Waals surface area (Å²) in [5.41, 5.74) is 0. The number of ether oxygens (including phenoxy) is 1. The third kappa shape index (κ3) is 8.27. The summed E-state index contributed by atoms with van der Waals surface area (Å²) in [5, 5.41) is 8.86. The number of rotatable bonds is 6. The lowest BCUT2D eigenvalue weighted by Crippen LogP contribution is -2.03. The molecule has 3 heteroatoms. The first kappa shape index (κ1) is 10.3. The van der Waals surface area contributed by atoms with Crippen LogP contribution in [0, 0.1) is 0 Å². The van der Waals surface area contributed by atoms with E-state index in [0.717, 1.165) is 24.5 Å². The minimum atomic E-state index is -0.174. The molecule has 0 aliphatic carbocycles. The van der Waals surface area contributed by atoms with Crippen LogP contribution in [-0.4, -0.2) is 36.4 Å². The third-order valence-electron chi connectivity index (χ3n) is 0.996. The van der Waals surface area contributed by atoms with Crippen molar-refractivity contribution in [2.45, 2.75) is 19.4 Å². The van der Waals surface area contributed by atoms with Crippen molar-refractivity contribution in [3.05, 3.63) is 0 Å². The molecule has 0 unspecified atom stereocenters. The van der Waals surface area contributed by atoms with Gasteiger partial charge in [-0.05, 0) is 19.1 Å². The summed E-state index contributed by atoms with van der Waals surface area (Å²) in [6, 6.07) is 0. The van der Waals surface area contributed by atoms with Crippen molar-refractivity contribution < 1.29 is 9.84 Å². The summed E-state index contributed by atoms with van der Waals surface area (Å²) < 4.78 is 4.87. The second kappa shape index (κ2) is 7.38. The Morgan fingerprint density at radius 3 is 2.80 bits per heavy atom. The summed E-state index contributed by atoms with van der Waals surface area (Å²) >= 11 is 1.77. The Bertz CT molecular complexity index is 66.6. The number of aliphatic hydroxyl groups excluding tert-OH is 1. The van der Waals surface area contributed by atoms with Crippen LogP contribution in [-0.2, 0) is 4.74 Å². The van der Waals surface area contributed by atoms with Gasteiger partial charge in [0.2, 0.25) is 0 Å². The zero-order valence-electron chi connectivity index (χ0n) is 6.67. The molecule has 62 valence electrons. The molecule has 2 nitrogen and oxygen atoms in total.